The molecule has 0 radical (unpaired) electrons. The first-order chi connectivity index (χ1) is 13.6. The van der Waals surface area contributed by atoms with Gasteiger partial charge in [0.1, 0.15) is 5.75 Å². The molecule has 144 valence electrons. The molecule has 7 nitrogen and oxygen atoms in total. The summed E-state index contributed by atoms with van der Waals surface area (Å²) < 4.78 is 10.8. The van der Waals surface area contributed by atoms with Crippen LogP contribution in [0.5, 0.6) is 5.75 Å². The zero-order valence-electron chi connectivity index (χ0n) is 15.3. The summed E-state index contributed by atoms with van der Waals surface area (Å²) >= 11 is 6.00. The molecule has 0 saturated carbocycles. The molecule has 1 aromatic heterocycles. The van der Waals surface area contributed by atoms with Crippen molar-refractivity contribution >= 4 is 23.3 Å². The van der Waals surface area contributed by atoms with Crippen LogP contribution in [0.2, 0.25) is 5.02 Å². The predicted octanol–water partition coefficient (Wildman–Crippen LogP) is 4.42. The highest BCUT2D eigenvalue weighted by molar-refractivity contribution is 6.30. The average Bonchev–Trinajstić information content (AvgIpc) is 3.12. The van der Waals surface area contributed by atoms with Gasteiger partial charge in [-0.3, -0.25) is 0 Å². The Balaban J connectivity index is 1.32. The molecular formula is C20H19ClN4O3. The average molecular weight is 399 g/mol. The molecule has 1 N–H and O–H groups in total. The zero-order valence-corrected chi connectivity index (χ0v) is 16.0. The third-order valence-corrected chi connectivity index (χ3v) is 4.69. The fourth-order valence-corrected chi connectivity index (χ4v) is 3.14. The third kappa shape index (κ3) is 3.94. The minimum Gasteiger partial charge on any atom is -0.494 e. The van der Waals surface area contributed by atoms with E-state index in [-0.39, 0.29) is 11.9 Å². The van der Waals surface area contributed by atoms with Crippen LogP contribution in [-0.4, -0.2) is 40.8 Å². The predicted molar refractivity (Wildman–Crippen MR) is 106 cm³/mol. The summed E-state index contributed by atoms with van der Waals surface area (Å²) in [5, 5.41) is 7.50. The van der Waals surface area contributed by atoms with E-state index in [0.29, 0.717) is 36.4 Å². The SMILES string of the molecule is CCOc1ccc(NC(=O)N2CC(c3nc(-c4cccc(Cl)c4)no3)C2)cc1. The van der Waals surface area contributed by atoms with E-state index in [1.807, 2.05) is 43.3 Å². The van der Waals surface area contributed by atoms with Crippen LogP contribution in [0, 0.1) is 0 Å². The third-order valence-electron chi connectivity index (χ3n) is 4.46. The highest BCUT2D eigenvalue weighted by Crippen LogP contribution is 2.29. The molecule has 3 aromatic rings. The molecule has 8 heteroatoms. The van der Waals surface area contributed by atoms with Gasteiger partial charge in [-0.15, -0.1) is 0 Å². The first kappa shape index (κ1) is 18.3. The van der Waals surface area contributed by atoms with Gasteiger partial charge in [-0.1, -0.05) is 28.9 Å². The number of anilines is 1. The van der Waals surface area contributed by atoms with E-state index in [1.54, 1.807) is 17.0 Å². The lowest BCUT2D eigenvalue weighted by Crippen LogP contribution is -2.50. The summed E-state index contributed by atoms with van der Waals surface area (Å²) in [4.78, 5) is 18.5. The van der Waals surface area contributed by atoms with E-state index in [9.17, 15) is 4.79 Å². The van der Waals surface area contributed by atoms with Gasteiger partial charge < -0.3 is 19.5 Å². The highest BCUT2D eigenvalue weighted by Gasteiger charge is 2.35. The number of hydrogen-bond acceptors (Lipinski definition) is 5. The molecule has 0 unspecified atom stereocenters. The second-order valence-electron chi connectivity index (χ2n) is 6.46. The Hall–Kier alpha value is -3.06. The normalized spacial score (nSPS) is 13.9. The number of benzene rings is 2. The summed E-state index contributed by atoms with van der Waals surface area (Å²) in [7, 11) is 0. The maximum Gasteiger partial charge on any atom is 0.321 e. The molecule has 0 aliphatic carbocycles. The van der Waals surface area contributed by atoms with Crippen molar-refractivity contribution in [3.63, 3.8) is 0 Å². The molecule has 1 aliphatic heterocycles. The highest BCUT2D eigenvalue weighted by atomic mass is 35.5. The number of ether oxygens (including phenoxy) is 1. The smallest absolute Gasteiger partial charge is 0.321 e. The number of rotatable bonds is 5. The zero-order chi connectivity index (χ0) is 19.5. The van der Waals surface area contributed by atoms with Crippen LogP contribution in [0.1, 0.15) is 18.7 Å². The molecule has 1 fully saturated rings. The molecule has 2 aromatic carbocycles. The van der Waals surface area contributed by atoms with Gasteiger partial charge in [0, 0.05) is 29.4 Å². The molecule has 1 saturated heterocycles. The first-order valence-corrected chi connectivity index (χ1v) is 9.38. The van der Waals surface area contributed by atoms with Crippen LogP contribution in [0.25, 0.3) is 11.4 Å². The Bertz CT molecular complexity index is 968. The molecule has 1 aliphatic rings. The van der Waals surface area contributed by atoms with Gasteiger partial charge >= 0.3 is 6.03 Å². The van der Waals surface area contributed by atoms with Gasteiger partial charge in [-0.2, -0.15) is 4.98 Å². The molecule has 0 spiro atoms. The van der Waals surface area contributed by atoms with Crippen molar-refractivity contribution in [2.24, 2.45) is 0 Å². The van der Waals surface area contributed by atoms with Gasteiger partial charge in [0.05, 0.1) is 12.5 Å². The minimum absolute atomic E-state index is 0.0338. The van der Waals surface area contributed by atoms with Crippen LogP contribution in [0.4, 0.5) is 10.5 Å². The van der Waals surface area contributed by atoms with E-state index in [4.69, 9.17) is 20.9 Å². The maximum atomic E-state index is 12.3. The summed E-state index contributed by atoms with van der Waals surface area (Å²) in [6.45, 7) is 3.59. The molecule has 2 amide bonds. The second kappa shape index (κ2) is 7.90. The van der Waals surface area contributed by atoms with E-state index in [1.165, 1.54) is 0 Å². The van der Waals surface area contributed by atoms with Crippen LogP contribution in [0.3, 0.4) is 0 Å². The minimum atomic E-state index is -0.157. The Morgan fingerprint density at radius 3 is 2.79 bits per heavy atom. The van der Waals surface area contributed by atoms with E-state index in [0.717, 1.165) is 17.0 Å². The van der Waals surface area contributed by atoms with Gasteiger partial charge in [-0.25, -0.2) is 4.79 Å². The number of nitrogens with one attached hydrogen (secondary N) is 1. The Kier molecular flexibility index (Phi) is 5.16. The number of hydrogen-bond donors (Lipinski definition) is 1. The first-order valence-electron chi connectivity index (χ1n) is 9.00. The van der Waals surface area contributed by atoms with Gasteiger partial charge in [-0.05, 0) is 43.3 Å². The standard InChI is InChI=1S/C20H19ClN4O3/c1-2-27-17-8-6-16(7-9-17)22-20(26)25-11-14(12-25)19-23-18(24-28-19)13-4-3-5-15(21)10-13/h3-10,14H,2,11-12H2,1H3,(H,22,26). The largest absolute Gasteiger partial charge is 0.494 e. The van der Waals surface area contributed by atoms with Crippen molar-refractivity contribution in [2.45, 2.75) is 12.8 Å². The number of nitrogens with zero attached hydrogens (tertiary/aromatic N) is 3. The Labute approximate surface area is 167 Å². The topological polar surface area (TPSA) is 80.5 Å². The van der Waals surface area contributed by atoms with Crippen LogP contribution >= 0.6 is 11.6 Å². The van der Waals surface area contributed by atoms with Gasteiger partial charge in [0.2, 0.25) is 11.7 Å². The monoisotopic (exact) mass is 398 g/mol. The number of carbonyl (C=O) groups is 1. The number of aromatic nitrogens is 2. The summed E-state index contributed by atoms with van der Waals surface area (Å²) in [6.07, 6.45) is 0. The van der Waals surface area contributed by atoms with Gasteiger partial charge in [0.25, 0.3) is 0 Å². The van der Waals surface area contributed by atoms with Crippen molar-refractivity contribution in [1.82, 2.24) is 15.0 Å². The molecular weight excluding hydrogens is 380 g/mol. The second-order valence-corrected chi connectivity index (χ2v) is 6.89. The Morgan fingerprint density at radius 1 is 1.29 bits per heavy atom. The van der Waals surface area contributed by atoms with Crippen molar-refractivity contribution < 1.29 is 14.1 Å². The fourth-order valence-electron chi connectivity index (χ4n) is 2.95. The molecule has 2 heterocycles. The van der Waals surface area contributed by atoms with Crippen molar-refractivity contribution in [1.29, 1.82) is 0 Å². The van der Waals surface area contributed by atoms with E-state index < -0.39 is 0 Å². The van der Waals surface area contributed by atoms with Crippen LogP contribution < -0.4 is 10.1 Å². The molecule has 0 atom stereocenters. The molecule has 0 bridgehead atoms. The summed E-state index contributed by atoms with van der Waals surface area (Å²) in [5.41, 5.74) is 1.52. The maximum absolute atomic E-state index is 12.3. The van der Waals surface area contributed by atoms with Gasteiger partial charge in [0.15, 0.2) is 0 Å². The number of urea groups is 1. The quantitative estimate of drug-likeness (QED) is 0.688. The molecule has 4 rings (SSSR count). The van der Waals surface area contributed by atoms with E-state index in [2.05, 4.69) is 15.5 Å². The number of halogens is 1. The lowest BCUT2D eigenvalue weighted by Gasteiger charge is -2.36. The number of amides is 2. The molecule has 28 heavy (non-hydrogen) atoms. The van der Waals surface area contributed by atoms with Crippen molar-refractivity contribution in [3.05, 3.63) is 59.4 Å². The van der Waals surface area contributed by atoms with Crippen LogP contribution in [-0.2, 0) is 0 Å². The Morgan fingerprint density at radius 2 is 2.07 bits per heavy atom. The van der Waals surface area contributed by atoms with Crippen LogP contribution in [0.15, 0.2) is 53.1 Å². The van der Waals surface area contributed by atoms with E-state index >= 15 is 0 Å². The lowest BCUT2D eigenvalue weighted by molar-refractivity contribution is 0.147. The van der Waals surface area contributed by atoms with Crippen molar-refractivity contribution in [3.8, 4) is 17.1 Å². The van der Waals surface area contributed by atoms with Crippen molar-refractivity contribution in [2.75, 3.05) is 25.0 Å². The lowest BCUT2D eigenvalue weighted by atomic mass is 10.0. The summed E-state index contributed by atoms with van der Waals surface area (Å²) in [6, 6.07) is 14.4. The number of likely N-dealkylation sites (tertiary alicyclic amines) is 1. The number of carbonyl (C=O) groups excluding carboxylic acids is 1. The fraction of sp³-hybridized carbons (Fsp3) is 0.250. The summed E-state index contributed by atoms with van der Waals surface area (Å²) in [5.74, 6) is 1.83.